The number of benzene rings is 2. The molecular weight excluding hydrogens is 305 g/mol. The van der Waals surface area contributed by atoms with Crippen molar-refractivity contribution in [3.63, 3.8) is 0 Å². The van der Waals surface area contributed by atoms with E-state index in [9.17, 15) is 21.6 Å². The van der Waals surface area contributed by atoms with Crippen molar-refractivity contribution < 1.29 is 21.6 Å². The monoisotopic (exact) mass is 316 g/mol. The molecule has 0 aliphatic rings. The first-order chi connectivity index (χ1) is 9.74. The van der Waals surface area contributed by atoms with Crippen LogP contribution in [0.15, 0.2) is 35.2 Å². The maximum Gasteiger partial charge on any atom is 0.262 e. The van der Waals surface area contributed by atoms with Crippen LogP contribution in [-0.2, 0) is 10.0 Å². The van der Waals surface area contributed by atoms with Gasteiger partial charge in [0.1, 0.15) is 0 Å². The summed E-state index contributed by atoms with van der Waals surface area (Å²) in [5, 5.41) is 0. The summed E-state index contributed by atoms with van der Waals surface area (Å²) in [6.07, 6.45) is 0. The lowest BCUT2D eigenvalue weighted by molar-refractivity contribution is 0.449. The Bertz CT molecular complexity index is 807. The number of halogens is 3. The first-order valence-corrected chi connectivity index (χ1v) is 7.24. The third kappa shape index (κ3) is 2.80. The van der Waals surface area contributed by atoms with Crippen molar-refractivity contribution in [1.82, 2.24) is 0 Å². The number of anilines is 2. The molecule has 3 N–H and O–H groups in total. The maximum atomic E-state index is 13.5. The number of nitrogens with one attached hydrogen (secondary N) is 1. The Morgan fingerprint density at radius 1 is 1.05 bits per heavy atom. The molecule has 0 bridgehead atoms. The zero-order valence-electron chi connectivity index (χ0n) is 10.8. The topological polar surface area (TPSA) is 72.2 Å². The van der Waals surface area contributed by atoms with Gasteiger partial charge in [-0.15, -0.1) is 0 Å². The van der Waals surface area contributed by atoms with Crippen molar-refractivity contribution >= 4 is 21.4 Å². The molecule has 21 heavy (non-hydrogen) atoms. The summed E-state index contributed by atoms with van der Waals surface area (Å²) in [7, 11) is -4.18. The van der Waals surface area contributed by atoms with Crippen LogP contribution < -0.4 is 10.5 Å². The van der Waals surface area contributed by atoms with E-state index in [0.717, 1.165) is 6.07 Å². The highest BCUT2D eigenvalue weighted by molar-refractivity contribution is 7.92. The minimum Gasteiger partial charge on any atom is -0.398 e. The minimum atomic E-state index is -4.18. The number of rotatable bonds is 3. The van der Waals surface area contributed by atoms with Gasteiger partial charge in [0.2, 0.25) is 0 Å². The summed E-state index contributed by atoms with van der Waals surface area (Å²) in [5.74, 6) is -4.77. The van der Waals surface area contributed by atoms with Crippen LogP contribution in [0.1, 0.15) is 5.56 Å². The van der Waals surface area contributed by atoms with Gasteiger partial charge in [-0.3, -0.25) is 4.72 Å². The first-order valence-electron chi connectivity index (χ1n) is 5.75. The molecule has 0 amide bonds. The van der Waals surface area contributed by atoms with E-state index in [1.807, 2.05) is 4.72 Å². The Kier molecular flexibility index (Phi) is 3.82. The van der Waals surface area contributed by atoms with Gasteiger partial charge < -0.3 is 5.73 Å². The molecule has 0 saturated carbocycles. The quantitative estimate of drug-likeness (QED) is 0.675. The summed E-state index contributed by atoms with van der Waals surface area (Å²) < 4.78 is 65.7. The molecule has 2 aromatic carbocycles. The number of hydrogen-bond acceptors (Lipinski definition) is 3. The fourth-order valence-electron chi connectivity index (χ4n) is 1.73. The third-order valence-electron chi connectivity index (χ3n) is 2.90. The zero-order chi connectivity index (χ0) is 15.8. The van der Waals surface area contributed by atoms with Crippen molar-refractivity contribution in [1.29, 1.82) is 0 Å². The molecule has 0 saturated heterocycles. The van der Waals surface area contributed by atoms with Crippen molar-refractivity contribution in [2.24, 2.45) is 0 Å². The van der Waals surface area contributed by atoms with E-state index in [0.29, 0.717) is 6.07 Å². The van der Waals surface area contributed by atoms with Gasteiger partial charge >= 0.3 is 0 Å². The lowest BCUT2D eigenvalue weighted by Crippen LogP contribution is -2.16. The molecule has 0 atom stereocenters. The fraction of sp³-hybridized carbons (Fsp3) is 0.0769. The average molecular weight is 316 g/mol. The third-order valence-corrected chi connectivity index (χ3v) is 4.40. The van der Waals surface area contributed by atoms with Crippen LogP contribution in [0.3, 0.4) is 0 Å². The molecule has 0 aliphatic heterocycles. The highest BCUT2D eigenvalue weighted by Crippen LogP contribution is 2.25. The van der Waals surface area contributed by atoms with Gasteiger partial charge in [-0.1, -0.05) is 6.07 Å². The van der Waals surface area contributed by atoms with E-state index in [2.05, 4.69) is 0 Å². The summed E-state index contributed by atoms with van der Waals surface area (Å²) in [6, 6.07) is 5.62. The van der Waals surface area contributed by atoms with Gasteiger partial charge in [0, 0.05) is 5.69 Å². The van der Waals surface area contributed by atoms with Crippen LogP contribution in [0.4, 0.5) is 24.5 Å². The van der Waals surface area contributed by atoms with Crippen LogP contribution in [0.25, 0.3) is 0 Å². The van der Waals surface area contributed by atoms with Gasteiger partial charge in [-0.2, -0.15) is 0 Å². The second-order valence-corrected chi connectivity index (χ2v) is 5.95. The zero-order valence-corrected chi connectivity index (χ0v) is 11.6. The lowest BCUT2D eigenvalue weighted by Gasteiger charge is -2.12. The van der Waals surface area contributed by atoms with Crippen LogP contribution in [0.5, 0.6) is 0 Å². The molecule has 4 nitrogen and oxygen atoms in total. The Hall–Kier alpha value is -2.22. The Balaban J connectivity index is 2.48. The number of nitrogens with two attached hydrogens (primary N) is 1. The summed E-state index contributed by atoms with van der Waals surface area (Å²) >= 11 is 0. The molecule has 2 aromatic rings. The Labute approximate surface area is 119 Å². The lowest BCUT2D eigenvalue weighted by atomic mass is 10.2. The predicted octanol–water partition coefficient (Wildman–Crippen LogP) is 2.80. The normalized spacial score (nSPS) is 11.4. The van der Waals surface area contributed by atoms with Crippen LogP contribution >= 0.6 is 0 Å². The van der Waals surface area contributed by atoms with Crippen LogP contribution in [-0.4, -0.2) is 8.42 Å². The van der Waals surface area contributed by atoms with E-state index >= 15 is 0 Å². The Morgan fingerprint density at radius 2 is 1.71 bits per heavy atom. The average Bonchev–Trinajstić information content (AvgIpc) is 2.42. The van der Waals surface area contributed by atoms with Gasteiger partial charge in [-0.05, 0) is 36.8 Å². The van der Waals surface area contributed by atoms with Crippen molar-refractivity contribution in [2.75, 3.05) is 10.5 Å². The van der Waals surface area contributed by atoms with E-state index in [4.69, 9.17) is 5.73 Å². The summed E-state index contributed by atoms with van der Waals surface area (Å²) in [5.41, 5.74) is 5.43. The molecular formula is C13H11F3N2O2S. The number of nitrogen functional groups attached to an aromatic ring is 1. The van der Waals surface area contributed by atoms with Crippen LogP contribution in [0.2, 0.25) is 0 Å². The largest absolute Gasteiger partial charge is 0.398 e. The van der Waals surface area contributed by atoms with E-state index in [1.54, 1.807) is 0 Å². The summed E-state index contributed by atoms with van der Waals surface area (Å²) in [4.78, 5) is -0.174. The molecule has 0 unspecified atom stereocenters. The molecule has 0 spiro atoms. The van der Waals surface area contributed by atoms with Gasteiger partial charge in [0.05, 0.1) is 10.6 Å². The SMILES string of the molecule is Cc1c(N)cccc1S(=O)(=O)Nc1ccc(F)c(F)c1F. The van der Waals surface area contributed by atoms with Crippen molar-refractivity contribution in [3.8, 4) is 0 Å². The minimum absolute atomic E-state index is 0.174. The van der Waals surface area contributed by atoms with E-state index < -0.39 is 33.2 Å². The maximum absolute atomic E-state index is 13.5. The number of sulfonamides is 1. The smallest absolute Gasteiger partial charge is 0.262 e. The van der Waals surface area contributed by atoms with Crippen LogP contribution in [0, 0.1) is 24.4 Å². The molecule has 0 aliphatic carbocycles. The summed E-state index contributed by atoms with van der Waals surface area (Å²) in [6.45, 7) is 1.48. The molecule has 0 radical (unpaired) electrons. The second kappa shape index (κ2) is 5.28. The molecule has 0 fully saturated rings. The fourth-order valence-corrected chi connectivity index (χ4v) is 3.06. The van der Waals surface area contributed by atoms with Gasteiger partial charge in [0.15, 0.2) is 17.5 Å². The van der Waals surface area contributed by atoms with Crippen molar-refractivity contribution in [3.05, 3.63) is 53.3 Å². The first kappa shape index (κ1) is 15.2. The van der Waals surface area contributed by atoms with Gasteiger partial charge in [-0.25, -0.2) is 21.6 Å². The molecule has 112 valence electrons. The molecule has 0 heterocycles. The van der Waals surface area contributed by atoms with E-state index in [-0.39, 0.29) is 16.1 Å². The molecule has 0 aromatic heterocycles. The number of hydrogen-bond donors (Lipinski definition) is 2. The van der Waals surface area contributed by atoms with E-state index in [1.165, 1.54) is 25.1 Å². The highest BCUT2D eigenvalue weighted by atomic mass is 32.2. The van der Waals surface area contributed by atoms with Gasteiger partial charge in [0.25, 0.3) is 10.0 Å². The standard InChI is InChI=1S/C13H11F3N2O2S/c1-7-9(17)3-2-4-11(7)21(19,20)18-10-6-5-8(14)12(15)13(10)16/h2-6,18H,17H2,1H3. The Morgan fingerprint density at radius 3 is 2.38 bits per heavy atom. The molecule has 8 heteroatoms. The highest BCUT2D eigenvalue weighted by Gasteiger charge is 2.22. The second-order valence-electron chi connectivity index (χ2n) is 4.30. The van der Waals surface area contributed by atoms with Crippen molar-refractivity contribution in [2.45, 2.75) is 11.8 Å². The predicted molar refractivity (Wildman–Crippen MR) is 72.7 cm³/mol. The molecule has 2 rings (SSSR count).